The van der Waals surface area contributed by atoms with Crippen LogP contribution in [0.25, 0.3) is 39.4 Å². The van der Waals surface area contributed by atoms with Crippen molar-refractivity contribution in [2.45, 2.75) is 53.4 Å². The van der Waals surface area contributed by atoms with Crippen LogP contribution in [0.1, 0.15) is 79.8 Å². The molecule has 0 amide bonds. The second-order valence-corrected chi connectivity index (χ2v) is 9.58. The van der Waals surface area contributed by atoms with E-state index in [1.807, 2.05) is 52.0 Å². The van der Waals surface area contributed by atoms with Crippen LogP contribution in [0.3, 0.4) is 0 Å². The Morgan fingerprint density at radius 2 is 1.78 bits per heavy atom. The third kappa shape index (κ3) is 5.94. The number of nitrogens with zero attached hydrogens (tertiary/aromatic N) is 2. The average molecular weight is 497 g/mol. The number of fused-ring (bicyclic) bond motifs is 6. The van der Waals surface area contributed by atoms with Crippen molar-refractivity contribution < 1.29 is 14.7 Å². The molecule has 0 saturated carbocycles. The molecule has 0 aliphatic carbocycles. The third-order valence-electron chi connectivity index (χ3n) is 6.53. The molecule has 3 N–H and O–H groups in total. The van der Waals surface area contributed by atoms with Crippen LogP contribution in [0.4, 0.5) is 0 Å². The maximum atomic E-state index is 11.4. The van der Waals surface area contributed by atoms with Gasteiger partial charge in [-0.2, -0.15) is 0 Å². The number of carboxylic acid groups (broad SMARTS) is 1. The van der Waals surface area contributed by atoms with Gasteiger partial charge in [0.2, 0.25) is 0 Å². The number of aromatic nitrogens is 4. The molecular formula is C30H32N4O3. The molecule has 2 aliphatic heterocycles. The van der Waals surface area contributed by atoms with E-state index in [1.165, 1.54) is 0 Å². The molecule has 2 aliphatic rings. The Labute approximate surface area is 216 Å². The van der Waals surface area contributed by atoms with Crippen molar-refractivity contribution >= 4 is 51.7 Å². The minimum atomic E-state index is -0.858. The molecule has 0 atom stereocenters. The predicted octanol–water partition coefficient (Wildman–Crippen LogP) is 6.55. The van der Waals surface area contributed by atoms with E-state index in [4.69, 9.17) is 9.97 Å². The van der Waals surface area contributed by atoms with Crippen LogP contribution in [-0.4, -0.2) is 37.3 Å². The Balaban J connectivity index is 2.10. The fourth-order valence-electron chi connectivity index (χ4n) is 4.46. The van der Waals surface area contributed by atoms with Gasteiger partial charge in [-0.15, -0.1) is 0 Å². The highest BCUT2D eigenvalue weighted by Crippen LogP contribution is 2.33. The summed E-state index contributed by atoms with van der Waals surface area (Å²) in [5, 5.41) is 9.34. The summed E-state index contributed by atoms with van der Waals surface area (Å²) in [6.07, 6.45) is 4.11. The zero-order valence-corrected chi connectivity index (χ0v) is 21.7. The number of aromatic amines is 2. The summed E-state index contributed by atoms with van der Waals surface area (Å²) >= 11 is 0. The standard InChI is InChI=1S/C30H32N4O3/c1-17(2)25-16-27-19(4)12-22(33-27)14-26-18(3)11-23(32-26)15-28-20(5)24(8-9-30(36)37)29(34-28)13-21(31-25)7-6-10-35/h10-16,31-32H,1,6-9H2,2-5H3,(H,36,37). The fraction of sp³-hybridized carbons (Fsp3) is 0.267. The summed E-state index contributed by atoms with van der Waals surface area (Å²) in [4.78, 5) is 39.3. The number of nitrogens with one attached hydrogen (secondary N) is 2. The Bertz CT molecular complexity index is 1530. The van der Waals surface area contributed by atoms with Gasteiger partial charge < -0.3 is 19.9 Å². The van der Waals surface area contributed by atoms with Crippen LogP contribution >= 0.6 is 0 Å². The zero-order valence-electron chi connectivity index (χ0n) is 21.7. The number of hydrogen-bond acceptors (Lipinski definition) is 4. The first-order valence-corrected chi connectivity index (χ1v) is 12.3. The second-order valence-electron chi connectivity index (χ2n) is 9.58. The topological polar surface area (TPSA) is 112 Å². The van der Waals surface area contributed by atoms with Gasteiger partial charge in [0.25, 0.3) is 0 Å². The largest absolute Gasteiger partial charge is 0.481 e. The normalized spacial score (nSPS) is 12.7. The monoisotopic (exact) mass is 496 g/mol. The van der Waals surface area contributed by atoms with Gasteiger partial charge in [0.05, 0.1) is 22.8 Å². The van der Waals surface area contributed by atoms with E-state index in [1.54, 1.807) is 0 Å². The zero-order chi connectivity index (χ0) is 26.7. The summed E-state index contributed by atoms with van der Waals surface area (Å²) in [5.74, 6) is -0.858. The van der Waals surface area contributed by atoms with Crippen LogP contribution in [0.15, 0.2) is 36.9 Å². The van der Waals surface area contributed by atoms with Crippen molar-refractivity contribution in [2.75, 3.05) is 0 Å². The predicted molar refractivity (Wildman–Crippen MR) is 149 cm³/mol. The number of aliphatic carboxylic acids is 1. The maximum Gasteiger partial charge on any atom is 0.303 e. The summed E-state index contributed by atoms with van der Waals surface area (Å²) < 4.78 is 0. The van der Waals surface area contributed by atoms with Crippen molar-refractivity contribution in [1.82, 2.24) is 19.9 Å². The van der Waals surface area contributed by atoms with Crippen molar-refractivity contribution in [3.63, 3.8) is 0 Å². The molecule has 0 aromatic carbocycles. The number of carboxylic acids is 1. The van der Waals surface area contributed by atoms with Crippen molar-refractivity contribution in [2.24, 2.45) is 0 Å². The number of aldehydes is 1. The maximum absolute atomic E-state index is 11.4. The summed E-state index contributed by atoms with van der Waals surface area (Å²) in [5.41, 5.74) is 11.4. The van der Waals surface area contributed by atoms with Gasteiger partial charge in [0, 0.05) is 35.3 Å². The molecule has 6 bridgehead atoms. The molecule has 4 heterocycles. The molecule has 2 aromatic heterocycles. The molecule has 0 fully saturated rings. The number of hydrogen-bond donors (Lipinski definition) is 3. The van der Waals surface area contributed by atoms with Gasteiger partial charge in [0.1, 0.15) is 6.29 Å². The van der Waals surface area contributed by atoms with Gasteiger partial charge >= 0.3 is 5.97 Å². The highest BCUT2D eigenvalue weighted by atomic mass is 16.4. The van der Waals surface area contributed by atoms with Crippen molar-refractivity contribution in [1.29, 1.82) is 0 Å². The van der Waals surface area contributed by atoms with Crippen LogP contribution in [0, 0.1) is 6.92 Å². The highest BCUT2D eigenvalue weighted by Gasteiger charge is 2.18. The van der Waals surface area contributed by atoms with E-state index in [-0.39, 0.29) is 6.42 Å². The SMILES string of the molecule is C=C(C)c1cc2nc(cc3[nH]c(cc4nc(cc(CCC=O)[nH]1)C(CCC(=O)O)=C4C)cc3C)C=C2C. The fourth-order valence-corrected chi connectivity index (χ4v) is 4.46. The second kappa shape index (κ2) is 10.8. The van der Waals surface area contributed by atoms with Crippen LogP contribution in [0.5, 0.6) is 0 Å². The molecule has 7 heteroatoms. The lowest BCUT2D eigenvalue weighted by molar-refractivity contribution is -0.136. The highest BCUT2D eigenvalue weighted by molar-refractivity contribution is 5.93. The van der Waals surface area contributed by atoms with Crippen LogP contribution in [0.2, 0.25) is 0 Å². The van der Waals surface area contributed by atoms with Crippen LogP contribution in [-0.2, 0) is 16.0 Å². The Hall–Kier alpha value is -4.26. The first kappa shape index (κ1) is 25.8. The number of carbonyl (C=O) groups is 2. The Morgan fingerprint density at radius 1 is 1.00 bits per heavy atom. The van der Waals surface area contributed by atoms with Gasteiger partial charge in [-0.1, -0.05) is 6.58 Å². The first-order chi connectivity index (χ1) is 17.6. The van der Waals surface area contributed by atoms with E-state index in [0.29, 0.717) is 25.0 Å². The smallest absolute Gasteiger partial charge is 0.303 e. The van der Waals surface area contributed by atoms with Crippen LogP contribution < -0.4 is 0 Å². The van der Waals surface area contributed by atoms with Crippen molar-refractivity contribution in [3.05, 3.63) is 76.6 Å². The number of rotatable bonds is 7. The summed E-state index contributed by atoms with van der Waals surface area (Å²) in [6, 6.07) is 9.97. The van der Waals surface area contributed by atoms with Gasteiger partial charge in [0.15, 0.2) is 0 Å². The number of carbonyl (C=O) groups excluding carboxylic acids is 1. The molecule has 0 radical (unpaired) electrons. The van der Waals surface area contributed by atoms with E-state index in [0.717, 1.165) is 73.6 Å². The Morgan fingerprint density at radius 3 is 2.49 bits per heavy atom. The first-order valence-electron chi connectivity index (χ1n) is 12.3. The van der Waals surface area contributed by atoms with Gasteiger partial charge in [-0.3, -0.25) is 4.79 Å². The van der Waals surface area contributed by atoms with E-state index < -0.39 is 5.97 Å². The molecule has 0 saturated heterocycles. The summed E-state index contributed by atoms with van der Waals surface area (Å²) in [7, 11) is 0. The van der Waals surface area contributed by atoms with E-state index in [2.05, 4.69) is 28.7 Å². The molecular weight excluding hydrogens is 464 g/mol. The lowest BCUT2D eigenvalue weighted by Crippen LogP contribution is -1.97. The molecule has 0 spiro atoms. The number of aryl methyl sites for hydroxylation is 2. The quantitative estimate of drug-likeness (QED) is 0.376. The minimum Gasteiger partial charge on any atom is -0.481 e. The minimum absolute atomic E-state index is 0.00555. The third-order valence-corrected chi connectivity index (χ3v) is 6.53. The molecule has 190 valence electrons. The molecule has 4 rings (SSSR count). The number of H-pyrrole nitrogens is 2. The van der Waals surface area contributed by atoms with Gasteiger partial charge in [-0.25, -0.2) is 9.97 Å². The molecule has 0 unspecified atom stereocenters. The molecule has 37 heavy (non-hydrogen) atoms. The molecule has 7 nitrogen and oxygen atoms in total. The summed E-state index contributed by atoms with van der Waals surface area (Å²) in [6.45, 7) is 12.1. The van der Waals surface area contributed by atoms with Gasteiger partial charge in [-0.05, 0) is 105 Å². The average Bonchev–Trinajstić information content (AvgIpc) is 3.44. The van der Waals surface area contributed by atoms with E-state index in [9.17, 15) is 14.7 Å². The number of allylic oxidation sites excluding steroid dienone is 4. The molecule has 2 aromatic rings. The lowest BCUT2D eigenvalue weighted by Gasteiger charge is -2.06. The Kier molecular flexibility index (Phi) is 7.53. The lowest BCUT2D eigenvalue weighted by atomic mass is 10.0. The van der Waals surface area contributed by atoms with Crippen molar-refractivity contribution in [3.8, 4) is 0 Å². The van der Waals surface area contributed by atoms with E-state index >= 15 is 0 Å².